The van der Waals surface area contributed by atoms with Crippen LogP contribution in [0.5, 0.6) is 0 Å². The van der Waals surface area contributed by atoms with Gasteiger partial charge >= 0.3 is 0 Å². The molecule has 0 unspecified atom stereocenters. The molecule has 8 heteroatoms. The van der Waals surface area contributed by atoms with E-state index in [4.69, 9.17) is 26.8 Å². The third-order valence-electron chi connectivity index (χ3n) is 4.27. The molecule has 1 aromatic carbocycles. The number of methoxy groups -OCH3 is 2. The fourth-order valence-corrected chi connectivity index (χ4v) is 3.15. The smallest absolute Gasteiger partial charge is 0.267 e. The Morgan fingerprint density at radius 3 is 2.56 bits per heavy atom. The Hall–Kier alpha value is -2.48. The topological polar surface area (TPSA) is 79.4 Å². The number of pyridine rings is 1. The van der Waals surface area contributed by atoms with Gasteiger partial charge in [0.2, 0.25) is 0 Å². The Morgan fingerprint density at radius 1 is 1.26 bits per heavy atom. The second-order valence-corrected chi connectivity index (χ2v) is 6.48. The van der Waals surface area contributed by atoms with Crippen LogP contribution in [0.1, 0.15) is 16.5 Å². The van der Waals surface area contributed by atoms with Crippen LogP contribution in [-0.4, -0.2) is 42.9 Å². The van der Waals surface area contributed by atoms with Gasteiger partial charge in [-0.2, -0.15) is 0 Å². The Morgan fingerprint density at radius 2 is 1.96 bits per heavy atom. The second kappa shape index (κ2) is 8.04. The van der Waals surface area contributed by atoms with Crippen molar-refractivity contribution in [3.05, 3.63) is 53.1 Å². The molecule has 27 heavy (non-hydrogen) atoms. The van der Waals surface area contributed by atoms with E-state index in [-0.39, 0.29) is 16.8 Å². The van der Waals surface area contributed by atoms with Gasteiger partial charge in [-0.25, -0.2) is 9.37 Å². The van der Waals surface area contributed by atoms with Crippen molar-refractivity contribution < 1.29 is 18.7 Å². The number of amides is 1. The molecule has 0 bridgehead atoms. The minimum Gasteiger partial charge on any atom is -0.382 e. The van der Waals surface area contributed by atoms with Gasteiger partial charge in [-0.3, -0.25) is 4.79 Å². The van der Waals surface area contributed by atoms with E-state index in [2.05, 4.69) is 4.98 Å². The van der Waals surface area contributed by atoms with E-state index in [1.165, 1.54) is 12.1 Å². The summed E-state index contributed by atoms with van der Waals surface area (Å²) in [6.07, 6.45) is 1.84. The third-order valence-corrected chi connectivity index (χ3v) is 4.58. The van der Waals surface area contributed by atoms with Crippen LogP contribution in [0.4, 0.5) is 4.39 Å². The summed E-state index contributed by atoms with van der Waals surface area (Å²) < 4.78 is 26.4. The van der Waals surface area contributed by atoms with Crippen LogP contribution in [0.2, 0.25) is 5.02 Å². The highest BCUT2D eigenvalue weighted by Crippen LogP contribution is 2.33. The molecule has 0 atom stereocenters. The van der Waals surface area contributed by atoms with Crippen molar-refractivity contribution in [2.24, 2.45) is 5.73 Å². The minimum absolute atomic E-state index is 0.0493. The van der Waals surface area contributed by atoms with Crippen LogP contribution in [0.25, 0.3) is 22.2 Å². The van der Waals surface area contributed by atoms with Crippen LogP contribution in [-0.2, 0) is 9.47 Å². The number of nitrogens with two attached hydrogens (primary N) is 1. The number of carbonyl (C=O) groups excluding carboxylic acids is 1. The molecule has 0 spiro atoms. The molecular weight excluding hydrogens is 373 g/mol. The van der Waals surface area contributed by atoms with Crippen molar-refractivity contribution >= 4 is 28.5 Å². The van der Waals surface area contributed by atoms with Gasteiger partial charge in [-0.05, 0) is 29.8 Å². The maximum absolute atomic E-state index is 14.0. The summed E-state index contributed by atoms with van der Waals surface area (Å²) >= 11 is 5.80. The first kappa shape index (κ1) is 19.3. The number of halogens is 2. The first-order chi connectivity index (χ1) is 13.0. The molecule has 0 fully saturated rings. The summed E-state index contributed by atoms with van der Waals surface area (Å²) in [4.78, 5) is 16.0. The zero-order valence-electron chi connectivity index (χ0n) is 14.9. The number of hydrogen-bond acceptors (Lipinski definition) is 4. The van der Waals surface area contributed by atoms with Gasteiger partial charge in [-0.1, -0.05) is 17.7 Å². The Kier molecular flexibility index (Phi) is 5.74. The molecule has 0 aliphatic rings. The normalized spacial score (nSPS) is 11.4. The highest BCUT2D eigenvalue weighted by molar-refractivity contribution is 6.30. The average molecular weight is 392 g/mol. The second-order valence-electron chi connectivity index (χ2n) is 6.08. The van der Waals surface area contributed by atoms with Gasteiger partial charge in [0, 0.05) is 31.4 Å². The van der Waals surface area contributed by atoms with Crippen LogP contribution in [0, 0.1) is 5.82 Å². The molecule has 2 N–H and O–H groups in total. The van der Waals surface area contributed by atoms with Gasteiger partial charge in [0.15, 0.2) is 0 Å². The molecule has 0 saturated heterocycles. The van der Waals surface area contributed by atoms with E-state index in [1.807, 2.05) is 10.8 Å². The van der Waals surface area contributed by atoms with Crippen LogP contribution < -0.4 is 5.73 Å². The molecule has 0 aliphatic heterocycles. The minimum atomic E-state index is -0.626. The van der Waals surface area contributed by atoms with Crippen molar-refractivity contribution in [3.8, 4) is 11.1 Å². The summed E-state index contributed by atoms with van der Waals surface area (Å²) in [6, 6.07) is 7.70. The Bertz CT molecular complexity index is 984. The van der Waals surface area contributed by atoms with Crippen molar-refractivity contribution in [1.29, 1.82) is 0 Å². The van der Waals surface area contributed by atoms with Crippen molar-refractivity contribution in [2.45, 2.75) is 6.04 Å². The van der Waals surface area contributed by atoms with Gasteiger partial charge < -0.3 is 19.8 Å². The monoisotopic (exact) mass is 391 g/mol. The molecule has 142 valence electrons. The summed E-state index contributed by atoms with van der Waals surface area (Å²) in [5.41, 5.74) is 7.45. The van der Waals surface area contributed by atoms with Crippen molar-refractivity contribution in [1.82, 2.24) is 9.55 Å². The Labute approximate surface area is 160 Å². The molecule has 2 aromatic heterocycles. The molecule has 3 aromatic rings. The largest absolute Gasteiger partial charge is 0.382 e. The first-order valence-electron chi connectivity index (χ1n) is 8.21. The lowest BCUT2D eigenvalue weighted by atomic mass is 10.1. The predicted octanol–water partition coefficient (Wildman–Crippen LogP) is 3.43. The number of fused-ring (bicyclic) bond motifs is 1. The number of primary amides is 1. The van der Waals surface area contributed by atoms with E-state index in [9.17, 15) is 9.18 Å². The van der Waals surface area contributed by atoms with E-state index < -0.39 is 11.7 Å². The molecule has 0 aliphatic carbocycles. The standard InChI is InChI=1S/C19H19ClFN3O3/c1-26-9-12(10-27-2)24-8-14(11-3-5-15(20)16(21)7-11)13-4-6-17(18(22)25)23-19(13)24/h3-8,12H,9-10H2,1-2H3,(H2,22,25). The molecule has 1 amide bonds. The fraction of sp³-hybridized carbons (Fsp3) is 0.263. The van der Waals surface area contributed by atoms with Gasteiger partial charge in [0.25, 0.3) is 5.91 Å². The highest BCUT2D eigenvalue weighted by Gasteiger charge is 2.20. The van der Waals surface area contributed by atoms with Crippen LogP contribution >= 0.6 is 11.6 Å². The summed E-state index contributed by atoms with van der Waals surface area (Å²) in [5, 5.41) is 0.798. The third kappa shape index (κ3) is 3.80. The lowest BCUT2D eigenvalue weighted by Gasteiger charge is -2.18. The van der Waals surface area contributed by atoms with E-state index in [0.717, 1.165) is 10.9 Å². The molecule has 0 saturated carbocycles. The molecule has 3 rings (SSSR count). The number of ether oxygens (including phenoxy) is 2. The maximum Gasteiger partial charge on any atom is 0.267 e. The zero-order chi connectivity index (χ0) is 19.6. The molecule has 2 heterocycles. The van der Waals surface area contributed by atoms with Gasteiger partial charge in [0.1, 0.15) is 17.2 Å². The lowest BCUT2D eigenvalue weighted by Crippen LogP contribution is -2.20. The van der Waals surface area contributed by atoms with E-state index >= 15 is 0 Å². The fourth-order valence-electron chi connectivity index (χ4n) is 3.03. The number of aromatic nitrogens is 2. The van der Waals surface area contributed by atoms with Gasteiger partial charge in [0.05, 0.1) is 24.3 Å². The quantitative estimate of drug-likeness (QED) is 0.669. The number of nitrogens with zero attached hydrogens (tertiary/aromatic N) is 2. The molecular formula is C19H19ClFN3O3. The summed E-state index contributed by atoms with van der Waals surface area (Å²) in [5.74, 6) is -1.14. The van der Waals surface area contributed by atoms with E-state index in [0.29, 0.717) is 24.4 Å². The number of hydrogen-bond donors (Lipinski definition) is 1. The zero-order valence-corrected chi connectivity index (χ0v) is 15.7. The SMILES string of the molecule is COCC(COC)n1cc(-c2ccc(Cl)c(F)c2)c2ccc(C(N)=O)nc21. The number of benzene rings is 1. The average Bonchev–Trinajstić information content (AvgIpc) is 3.02. The van der Waals surface area contributed by atoms with Crippen molar-refractivity contribution in [2.75, 3.05) is 27.4 Å². The lowest BCUT2D eigenvalue weighted by molar-refractivity contribution is 0.0911. The number of carbonyl (C=O) groups is 1. The predicted molar refractivity (Wildman–Crippen MR) is 101 cm³/mol. The van der Waals surface area contributed by atoms with Crippen molar-refractivity contribution in [3.63, 3.8) is 0 Å². The maximum atomic E-state index is 14.0. The van der Waals surface area contributed by atoms with E-state index in [1.54, 1.807) is 32.4 Å². The van der Waals surface area contributed by atoms with Crippen LogP contribution in [0.15, 0.2) is 36.5 Å². The molecule has 0 radical (unpaired) electrons. The number of rotatable bonds is 7. The Balaban J connectivity index is 2.25. The van der Waals surface area contributed by atoms with Crippen LogP contribution in [0.3, 0.4) is 0 Å². The highest BCUT2D eigenvalue weighted by atomic mass is 35.5. The summed E-state index contributed by atoms with van der Waals surface area (Å²) in [7, 11) is 3.18. The van der Waals surface area contributed by atoms with Gasteiger partial charge in [-0.15, -0.1) is 0 Å². The molecule has 6 nitrogen and oxygen atoms in total. The summed E-state index contributed by atoms with van der Waals surface area (Å²) in [6.45, 7) is 0.739. The first-order valence-corrected chi connectivity index (χ1v) is 8.58.